The Balaban J connectivity index is 2.06. The smallest absolute Gasteiger partial charge is 0.125 e. The third kappa shape index (κ3) is 3.72. The van der Waals surface area contributed by atoms with Gasteiger partial charge >= 0.3 is 0 Å². The first kappa shape index (κ1) is 14.8. The molecule has 0 aromatic heterocycles. The highest BCUT2D eigenvalue weighted by atomic mass is 19.1. The molecule has 0 amide bonds. The van der Waals surface area contributed by atoms with Gasteiger partial charge in [-0.25, -0.2) is 4.39 Å². The number of nitriles is 1. The maximum Gasteiger partial charge on any atom is 0.125 e. The molecule has 0 aliphatic heterocycles. The summed E-state index contributed by atoms with van der Waals surface area (Å²) in [6.45, 7) is 2.22. The summed E-state index contributed by atoms with van der Waals surface area (Å²) in [5, 5.41) is 13.0. The summed E-state index contributed by atoms with van der Waals surface area (Å²) in [5.74, 6) is 0.510. The van der Waals surface area contributed by atoms with Crippen molar-refractivity contribution in [3.63, 3.8) is 0 Å². The molecule has 2 rings (SSSR count). The van der Waals surface area contributed by atoms with Gasteiger partial charge in [0.2, 0.25) is 0 Å². The molecule has 2 nitrogen and oxygen atoms in total. The summed E-state index contributed by atoms with van der Waals surface area (Å²) in [6, 6.07) is 8.77. The zero-order valence-electron chi connectivity index (χ0n) is 12.2. The maximum atomic E-state index is 13.0. The van der Waals surface area contributed by atoms with Gasteiger partial charge in [0.1, 0.15) is 11.4 Å². The molecule has 0 radical (unpaired) electrons. The summed E-state index contributed by atoms with van der Waals surface area (Å²) in [7, 11) is 0. The Hall–Kier alpha value is -1.56. The Kier molecular flexibility index (Phi) is 5.00. The van der Waals surface area contributed by atoms with Crippen LogP contribution in [0.5, 0.6) is 0 Å². The molecule has 0 saturated heterocycles. The van der Waals surface area contributed by atoms with E-state index in [1.165, 1.54) is 31.4 Å². The lowest BCUT2D eigenvalue weighted by Gasteiger charge is -2.27. The number of nitrogens with one attached hydrogen (secondary N) is 1. The van der Waals surface area contributed by atoms with Crippen molar-refractivity contribution in [2.75, 3.05) is 5.32 Å². The van der Waals surface area contributed by atoms with E-state index in [1.807, 2.05) is 0 Å². The van der Waals surface area contributed by atoms with Gasteiger partial charge in [-0.3, -0.25) is 0 Å². The van der Waals surface area contributed by atoms with Crippen molar-refractivity contribution in [2.45, 2.75) is 57.4 Å². The number of halogens is 1. The average molecular weight is 274 g/mol. The van der Waals surface area contributed by atoms with Crippen LogP contribution in [0.2, 0.25) is 0 Å². The minimum atomic E-state index is -0.486. The van der Waals surface area contributed by atoms with Gasteiger partial charge in [0, 0.05) is 5.69 Å². The molecule has 1 aliphatic rings. The van der Waals surface area contributed by atoms with Crippen molar-refractivity contribution in [2.24, 2.45) is 5.92 Å². The zero-order valence-corrected chi connectivity index (χ0v) is 12.2. The molecule has 2 atom stereocenters. The molecule has 0 bridgehead atoms. The summed E-state index contributed by atoms with van der Waals surface area (Å²) < 4.78 is 13.0. The number of rotatable bonds is 4. The molecule has 20 heavy (non-hydrogen) atoms. The second kappa shape index (κ2) is 6.74. The Morgan fingerprint density at radius 1 is 1.30 bits per heavy atom. The lowest BCUT2D eigenvalue weighted by atomic mass is 9.90. The van der Waals surface area contributed by atoms with E-state index in [0.29, 0.717) is 0 Å². The van der Waals surface area contributed by atoms with Crippen molar-refractivity contribution in [1.29, 1.82) is 5.26 Å². The first-order chi connectivity index (χ1) is 9.67. The summed E-state index contributed by atoms with van der Waals surface area (Å²) in [5.41, 5.74) is 0.349. The van der Waals surface area contributed by atoms with Gasteiger partial charge in [0.15, 0.2) is 0 Å². The molecular formula is C17H23FN2. The molecule has 0 spiro atoms. The summed E-state index contributed by atoms with van der Waals surface area (Å²) in [6.07, 6.45) is 7.66. The van der Waals surface area contributed by atoms with Crippen molar-refractivity contribution >= 4 is 5.69 Å². The van der Waals surface area contributed by atoms with E-state index in [1.54, 1.807) is 12.1 Å². The van der Waals surface area contributed by atoms with Gasteiger partial charge in [0.05, 0.1) is 6.07 Å². The molecular weight excluding hydrogens is 251 g/mol. The minimum Gasteiger partial charge on any atom is -0.367 e. The molecule has 1 aromatic carbocycles. The molecule has 1 aliphatic carbocycles. The highest BCUT2D eigenvalue weighted by Crippen LogP contribution is 2.34. The topological polar surface area (TPSA) is 35.8 Å². The minimum absolute atomic E-state index is 0.245. The molecule has 1 aromatic rings. The number of benzene rings is 1. The summed E-state index contributed by atoms with van der Waals surface area (Å²) in [4.78, 5) is 0. The van der Waals surface area contributed by atoms with Crippen LogP contribution in [-0.4, -0.2) is 5.54 Å². The van der Waals surface area contributed by atoms with E-state index < -0.39 is 5.54 Å². The average Bonchev–Trinajstić information content (AvgIpc) is 2.66. The van der Waals surface area contributed by atoms with Crippen molar-refractivity contribution in [1.82, 2.24) is 0 Å². The number of anilines is 1. The van der Waals surface area contributed by atoms with Gasteiger partial charge in [-0.15, -0.1) is 0 Å². The van der Waals surface area contributed by atoms with Crippen LogP contribution in [0.4, 0.5) is 10.1 Å². The van der Waals surface area contributed by atoms with E-state index >= 15 is 0 Å². The number of hydrogen-bond acceptors (Lipinski definition) is 2. The lowest BCUT2D eigenvalue weighted by Crippen LogP contribution is -2.36. The van der Waals surface area contributed by atoms with E-state index in [-0.39, 0.29) is 5.82 Å². The normalized spacial score (nSPS) is 26.6. The predicted molar refractivity (Wildman–Crippen MR) is 79.8 cm³/mol. The quantitative estimate of drug-likeness (QED) is 0.794. The second-order valence-electron chi connectivity index (χ2n) is 5.91. The Morgan fingerprint density at radius 2 is 2.05 bits per heavy atom. The fourth-order valence-electron chi connectivity index (χ4n) is 3.18. The lowest BCUT2D eigenvalue weighted by molar-refractivity contribution is 0.416. The highest BCUT2D eigenvalue weighted by molar-refractivity contribution is 5.47. The van der Waals surface area contributed by atoms with Gasteiger partial charge in [-0.2, -0.15) is 5.26 Å². The number of hydrogen-bond donors (Lipinski definition) is 1. The standard InChI is InChI=1S/C17H23FN2/c1-2-4-14-5-3-11-17(13-19,12-10-14)20-16-8-6-15(18)7-9-16/h6-9,14,20H,2-5,10-12H2,1H3. The van der Waals surface area contributed by atoms with Crippen LogP contribution in [0.1, 0.15) is 51.9 Å². The first-order valence-electron chi connectivity index (χ1n) is 7.62. The van der Waals surface area contributed by atoms with Crippen LogP contribution in [0.3, 0.4) is 0 Å². The summed E-state index contributed by atoms with van der Waals surface area (Å²) >= 11 is 0. The fourth-order valence-corrected chi connectivity index (χ4v) is 3.18. The third-order valence-electron chi connectivity index (χ3n) is 4.33. The van der Waals surface area contributed by atoms with Crippen LogP contribution in [0, 0.1) is 23.1 Å². The first-order valence-corrected chi connectivity index (χ1v) is 7.62. The monoisotopic (exact) mass is 274 g/mol. The van der Waals surface area contributed by atoms with Crippen molar-refractivity contribution < 1.29 is 4.39 Å². The van der Waals surface area contributed by atoms with E-state index in [4.69, 9.17) is 0 Å². The predicted octanol–water partition coefficient (Wildman–Crippen LogP) is 4.88. The third-order valence-corrected chi connectivity index (χ3v) is 4.33. The Bertz CT molecular complexity index is 463. The maximum absolute atomic E-state index is 13.0. The van der Waals surface area contributed by atoms with Crippen LogP contribution >= 0.6 is 0 Å². The highest BCUT2D eigenvalue weighted by Gasteiger charge is 2.33. The molecule has 108 valence electrons. The molecule has 3 heteroatoms. The Morgan fingerprint density at radius 3 is 2.70 bits per heavy atom. The van der Waals surface area contributed by atoms with E-state index in [9.17, 15) is 9.65 Å². The molecule has 1 fully saturated rings. The van der Waals surface area contributed by atoms with Crippen molar-refractivity contribution in [3.8, 4) is 6.07 Å². The molecule has 1 N–H and O–H groups in total. The van der Waals surface area contributed by atoms with E-state index in [0.717, 1.165) is 37.3 Å². The van der Waals surface area contributed by atoms with Gasteiger partial charge in [-0.1, -0.05) is 26.2 Å². The van der Waals surface area contributed by atoms with Gasteiger partial charge in [0.25, 0.3) is 0 Å². The SMILES string of the molecule is CCCC1CCCC(C#N)(Nc2ccc(F)cc2)CC1. The largest absolute Gasteiger partial charge is 0.367 e. The zero-order chi connectivity index (χ0) is 14.4. The van der Waals surface area contributed by atoms with Crippen LogP contribution in [-0.2, 0) is 0 Å². The van der Waals surface area contributed by atoms with Gasteiger partial charge in [-0.05, 0) is 55.9 Å². The van der Waals surface area contributed by atoms with Crippen LogP contribution < -0.4 is 5.32 Å². The molecule has 2 unspecified atom stereocenters. The van der Waals surface area contributed by atoms with Crippen molar-refractivity contribution in [3.05, 3.63) is 30.1 Å². The molecule has 1 saturated carbocycles. The second-order valence-corrected chi connectivity index (χ2v) is 5.91. The Labute approximate surface area is 121 Å². The van der Waals surface area contributed by atoms with E-state index in [2.05, 4.69) is 18.3 Å². The van der Waals surface area contributed by atoms with Crippen LogP contribution in [0.15, 0.2) is 24.3 Å². The van der Waals surface area contributed by atoms with Crippen LogP contribution in [0.25, 0.3) is 0 Å². The molecule has 0 heterocycles. The fraction of sp³-hybridized carbons (Fsp3) is 0.588. The number of nitrogens with zero attached hydrogens (tertiary/aromatic N) is 1. The van der Waals surface area contributed by atoms with Gasteiger partial charge < -0.3 is 5.32 Å².